The number of aryl methyl sites for hydroxylation is 1. The summed E-state index contributed by atoms with van der Waals surface area (Å²) in [5.41, 5.74) is 1.33. The van der Waals surface area contributed by atoms with E-state index in [0.29, 0.717) is 23.5 Å². The van der Waals surface area contributed by atoms with Gasteiger partial charge in [0.25, 0.3) is 5.56 Å². The topological polar surface area (TPSA) is 103 Å². The second-order valence-corrected chi connectivity index (χ2v) is 8.16. The number of hydrogen-bond acceptors (Lipinski definition) is 7. The highest BCUT2D eigenvalue weighted by Gasteiger charge is 2.15. The smallest absolute Gasteiger partial charge is 0.331 e. The maximum absolute atomic E-state index is 12.4. The van der Waals surface area contributed by atoms with Crippen LogP contribution in [0.5, 0.6) is 0 Å². The van der Waals surface area contributed by atoms with Gasteiger partial charge in [0.2, 0.25) is 5.89 Å². The molecule has 31 heavy (non-hydrogen) atoms. The van der Waals surface area contributed by atoms with Crippen LogP contribution in [0.15, 0.2) is 38.4 Å². The first kappa shape index (κ1) is 24.9. The first-order valence-corrected chi connectivity index (χ1v) is 10.8. The van der Waals surface area contributed by atoms with Crippen LogP contribution < -0.4 is 11.2 Å². The van der Waals surface area contributed by atoms with Crippen molar-refractivity contribution in [2.45, 2.75) is 52.5 Å². The van der Waals surface area contributed by atoms with Crippen LogP contribution in [-0.2, 0) is 19.5 Å². The van der Waals surface area contributed by atoms with Gasteiger partial charge >= 0.3 is 5.69 Å². The maximum atomic E-state index is 12.4. The molecule has 3 rings (SSSR count). The predicted molar refractivity (Wildman–Crippen MR) is 123 cm³/mol. The number of thiol groups is 1. The summed E-state index contributed by atoms with van der Waals surface area (Å²) in [7, 11) is 0. The van der Waals surface area contributed by atoms with Crippen molar-refractivity contribution in [3.63, 3.8) is 0 Å². The molecule has 1 unspecified atom stereocenters. The minimum Gasteiger partial charge on any atom is -0.395 e. The molecular weight excluding hydrogens is 440 g/mol. The number of benzene rings is 1. The van der Waals surface area contributed by atoms with E-state index in [1.807, 2.05) is 38.1 Å². The van der Waals surface area contributed by atoms with Gasteiger partial charge in [-0.15, -0.1) is 0 Å². The molecule has 0 saturated carbocycles. The molecule has 2 heterocycles. The van der Waals surface area contributed by atoms with E-state index in [4.69, 9.17) is 21.2 Å². The van der Waals surface area contributed by atoms with Crippen molar-refractivity contribution in [1.82, 2.24) is 19.3 Å². The quantitative estimate of drug-likeness (QED) is 0.541. The van der Waals surface area contributed by atoms with Crippen molar-refractivity contribution in [3.05, 3.63) is 78.7 Å². The SMILES string of the molecule is CC(S)c1ccc(Cl)cc1.CCc1noc(Cn2c(=O)c(C)c(C)n(CCO)c2=O)n1. The van der Waals surface area contributed by atoms with Crippen LogP contribution >= 0.6 is 24.2 Å². The molecule has 10 heteroatoms. The largest absolute Gasteiger partial charge is 0.395 e. The van der Waals surface area contributed by atoms with Crippen LogP contribution in [-0.4, -0.2) is 31.0 Å². The Hall–Kier alpha value is -2.36. The molecule has 1 atom stereocenters. The monoisotopic (exact) mass is 466 g/mol. The minimum atomic E-state index is -0.492. The molecule has 0 bridgehead atoms. The van der Waals surface area contributed by atoms with Crippen molar-refractivity contribution in [1.29, 1.82) is 0 Å². The molecule has 0 aliphatic rings. The Morgan fingerprint density at radius 3 is 2.35 bits per heavy atom. The van der Waals surface area contributed by atoms with E-state index in [0.717, 1.165) is 9.59 Å². The standard InChI is InChI=1S/C13H18N4O4.C8H9ClS/c1-4-10-14-11(21-15-10)7-17-12(19)8(2)9(3)16(5-6-18)13(17)20;1-6(10)7-2-4-8(9)5-3-7/h18H,4-7H2,1-3H3;2-6,10H,1H3. The molecule has 2 aromatic heterocycles. The van der Waals surface area contributed by atoms with E-state index >= 15 is 0 Å². The van der Waals surface area contributed by atoms with Crippen molar-refractivity contribution in [2.24, 2.45) is 0 Å². The third-order valence-electron chi connectivity index (χ3n) is 4.77. The van der Waals surface area contributed by atoms with Crippen molar-refractivity contribution in [3.8, 4) is 0 Å². The first-order valence-electron chi connectivity index (χ1n) is 9.86. The van der Waals surface area contributed by atoms with Crippen LogP contribution in [0.1, 0.15) is 47.6 Å². The number of rotatable bonds is 6. The minimum absolute atomic E-state index is 0.0722. The molecule has 8 nitrogen and oxygen atoms in total. The summed E-state index contributed by atoms with van der Waals surface area (Å²) < 4.78 is 7.44. The lowest BCUT2D eigenvalue weighted by Gasteiger charge is -2.13. The molecule has 3 aromatic rings. The van der Waals surface area contributed by atoms with Gasteiger partial charge in [0.15, 0.2) is 5.82 Å². The van der Waals surface area contributed by atoms with Gasteiger partial charge in [-0.3, -0.25) is 13.9 Å². The molecule has 0 saturated heterocycles. The lowest BCUT2D eigenvalue weighted by atomic mass is 10.2. The van der Waals surface area contributed by atoms with E-state index in [2.05, 4.69) is 22.8 Å². The molecular formula is C21H27ClN4O4S. The maximum Gasteiger partial charge on any atom is 0.331 e. The van der Waals surface area contributed by atoms with Crippen LogP contribution in [0.2, 0.25) is 5.02 Å². The summed E-state index contributed by atoms with van der Waals surface area (Å²) in [6.45, 7) is 7.12. The summed E-state index contributed by atoms with van der Waals surface area (Å²) in [5.74, 6) is 0.738. The highest BCUT2D eigenvalue weighted by Crippen LogP contribution is 2.20. The van der Waals surface area contributed by atoms with Gasteiger partial charge in [-0.25, -0.2) is 4.79 Å². The summed E-state index contributed by atoms with van der Waals surface area (Å²) in [6, 6.07) is 7.73. The molecule has 0 spiro atoms. The lowest BCUT2D eigenvalue weighted by Crippen LogP contribution is -2.43. The zero-order valence-corrected chi connectivity index (χ0v) is 19.7. The summed E-state index contributed by atoms with van der Waals surface area (Å²) in [5, 5.41) is 13.9. The van der Waals surface area contributed by atoms with Crippen LogP contribution in [0.4, 0.5) is 0 Å². The summed E-state index contributed by atoms with van der Waals surface area (Å²) in [4.78, 5) is 28.7. The molecule has 0 aliphatic heterocycles. The zero-order valence-electron chi connectivity index (χ0n) is 18.0. The zero-order chi connectivity index (χ0) is 23.1. The number of hydrogen-bond donors (Lipinski definition) is 2. The Kier molecular flexibility index (Phi) is 9.09. The third-order valence-corrected chi connectivity index (χ3v) is 5.32. The summed E-state index contributed by atoms with van der Waals surface area (Å²) >= 11 is 9.97. The molecule has 0 radical (unpaired) electrons. The van der Waals surface area contributed by atoms with Crippen molar-refractivity contribution in [2.75, 3.05) is 6.61 Å². The van der Waals surface area contributed by atoms with E-state index < -0.39 is 5.69 Å². The highest BCUT2D eigenvalue weighted by molar-refractivity contribution is 7.80. The Balaban J connectivity index is 0.000000285. The van der Waals surface area contributed by atoms with Gasteiger partial charge in [-0.2, -0.15) is 17.6 Å². The van der Waals surface area contributed by atoms with Gasteiger partial charge in [0.05, 0.1) is 13.2 Å². The number of aromatic nitrogens is 4. The fraction of sp³-hybridized carbons (Fsp3) is 0.429. The Morgan fingerprint density at radius 2 is 1.84 bits per heavy atom. The number of halogens is 1. The Bertz CT molecular complexity index is 1120. The van der Waals surface area contributed by atoms with Crippen molar-refractivity contribution >= 4 is 24.2 Å². The highest BCUT2D eigenvalue weighted by atomic mass is 35.5. The number of aliphatic hydroxyl groups excluding tert-OH is 1. The molecule has 0 amide bonds. The predicted octanol–water partition coefficient (Wildman–Crippen LogP) is 2.94. The second-order valence-electron chi connectivity index (χ2n) is 6.94. The Labute approximate surface area is 190 Å². The molecule has 1 N–H and O–H groups in total. The van der Waals surface area contributed by atoms with Crippen LogP contribution in [0.25, 0.3) is 0 Å². The normalized spacial score (nSPS) is 11.7. The fourth-order valence-electron chi connectivity index (χ4n) is 2.81. The van der Waals surface area contributed by atoms with Crippen LogP contribution in [0, 0.1) is 13.8 Å². The average Bonchev–Trinajstić information content (AvgIpc) is 3.21. The van der Waals surface area contributed by atoms with Crippen LogP contribution in [0.3, 0.4) is 0 Å². The molecule has 1 aromatic carbocycles. The van der Waals surface area contributed by atoms with E-state index in [1.54, 1.807) is 13.8 Å². The number of nitrogens with zero attached hydrogens (tertiary/aromatic N) is 4. The molecule has 168 valence electrons. The van der Waals surface area contributed by atoms with Crippen molar-refractivity contribution < 1.29 is 9.63 Å². The van der Waals surface area contributed by atoms with Gasteiger partial charge in [0.1, 0.15) is 6.54 Å². The number of aliphatic hydroxyl groups is 1. The van der Waals surface area contributed by atoms with E-state index in [-0.39, 0.29) is 36.4 Å². The van der Waals surface area contributed by atoms with E-state index in [1.165, 1.54) is 10.1 Å². The van der Waals surface area contributed by atoms with Gasteiger partial charge < -0.3 is 9.63 Å². The van der Waals surface area contributed by atoms with Gasteiger partial charge in [0, 0.05) is 28.0 Å². The fourth-order valence-corrected chi connectivity index (χ4v) is 3.11. The molecule has 0 fully saturated rings. The first-order chi connectivity index (χ1) is 14.7. The second kappa shape index (κ2) is 11.3. The summed E-state index contributed by atoms with van der Waals surface area (Å²) in [6.07, 6.45) is 0.611. The third kappa shape index (κ3) is 6.32. The van der Waals surface area contributed by atoms with Gasteiger partial charge in [-0.05, 0) is 38.5 Å². The lowest BCUT2D eigenvalue weighted by molar-refractivity contribution is 0.269. The average molecular weight is 467 g/mol. The van der Waals surface area contributed by atoms with E-state index in [9.17, 15) is 9.59 Å². The van der Waals surface area contributed by atoms with Gasteiger partial charge in [-0.1, -0.05) is 35.8 Å². The Morgan fingerprint density at radius 1 is 1.19 bits per heavy atom. The molecule has 0 aliphatic carbocycles.